The van der Waals surface area contributed by atoms with Crippen LogP contribution in [0.2, 0.25) is 0 Å². The van der Waals surface area contributed by atoms with E-state index in [0.29, 0.717) is 32.0 Å². The van der Waals surface area contributed by atoms with Gasteiger partial charge in [-0.15, -0.1) is 0 Å². The van der Waals surface area contributed by atoms with Crippen molar-refractivity contribution in [2.45, 2.75) is 13.0 Å². The fourth-order valence-electron chi connectivity index (χ4n) is 3.39. The van der Waals surface area contributed by atoms with Crippen molar-refractivity contribution in [3.05, 3.63) is 65.0 Å². The van der Waals surface area contributed by atoms with Crippen LogP contribution in [0.3, 0.4) is 0 Å². The molecule has 0 bridgehead atoms. The number of ether oxygens (including phenoxy) is 1. The second-order valence-corrected chi connectivity index (χ2v) is 6.83. The maximum atomic E-state index is 12.3. The molecule has 1 fully saturated rings. The quantitative estimate of drug-likeness (QED) is 0.748. The van der Waals surface area contributed by atoms with Gasteiger partial charge in [0.25, 0.3) is 0 Å². The average molecular weight is 368 g/mol. The monoisotopic (exact) mass is 368 g/mol. The van der Waals surface area contributed by atoms with E-state index in [1.54, 1.807) is 0 Å². The molecule has 1 unspecified atom stereocenters. The molecule has 7 heteroatoms. The number of carboxylic acid groups (broad SMARTS) is 1. The predicted molar refractivity (Wildman–Crippen MR) is 99.2 cm³/mol. The Balaban J connectivity index is 1.39. The van der Waals surface area contributed by atoms with Crippen LogP contribution in [0, 0.1) is 5.92 Å². The first-order valence-corrected chi connectivity index (χ1v) is 8.85. The molecule has 0 radical (unpaired) electrons. The Kier molecular flexibility index (Phi) is 4.58. The standard InChI is InChI=1S/C20H20N2O5/c23-18-7-17(11-21-9-15-3-1-2-4-16(15)10-21)26-13-19(18)27-12-14-5-6-22(8-14)20(24)25/h1-4,7,9-10,13-14H,5-6,8,11-12H2,(H,24,25). The first-order chi connectivity index (χ1) is 13.1. The zero-order valence-electron chi connectivity index (χ0n) is 14.7. The van der Waals surface area contributed by atoms with Gasteiger partial charge in [0.2, 0.25) is 11.2 Å². The third kappa shape index (κ3) is 3.81. The minimum Gasteiger partial charge on any atom is -0.486 e. The first-order valence-electron chi connectivity index (χ1n) is 8.85. The van der Waals surface area contributed by atoms with Gasteiger partial charge in [0.05, 0.1) is 13.2 Å². The summed E-state index contributed by atoms with van der Waals surface area (Å²) >= 11 is 0. The fourth-order valence-corrected chi connectivity index (χ4v) is 3.39. The van der Waals surface area contributed by atoms with Crippen LogP contribution < -0.4 is 10.2 Å². The number of rotatable bonds is 5. The lowest BCUT2D eigenvalue weighted by atomic mass is 10.1. The number of hydrogen-bond acceptors (Lipinski definition) is 4. The van der Waals surface area contributed by atoms with Gasteiger partial charge in [0.15, 0.2) is 0 Å². The predicted octanol–water partition coefficient (Wildman–Crippen LogP) is 3.02. The van der Waals surface area contributed by atoms with Crippen LogP contribution in [-0.4, -0.2) is 40.4 Å². The van der Waals surface area contributed by atoms with E-state index in [9.17, 15) is 9.59 Å². The molecule has 7 nitrogen and oxygen atoms in total. The van der Waals surface area contributed by atoms with Crippen LogP contribution >= 0.6 is 0 Å². The van der Waals surface area contributed by atoms with Gasteiger partial charge in [-0.2, -0.15) is 0 Å². The van der Waals surface area contributed by atoms with Gasteiger partial charge < -0.3 is 23.7 Å². The Morgan fingerprint density at radius 3 is 2.63 bits per heavy atom. The molecule has 2 aromatic heterocycles. The number of fused-ring (bicyclic) bond motifs is 1. The molecule has 3 aromatic rings. The van der Waals surface area contributed by atoms with E-state index < -0.39 is 6.09 Å². The molecule has 1 aliphatic rings. The molecule has 1 N–H and O–H groups in total. The lowest BCUT2D eigenvalue weighted by Gasteiger charge is -2.13. The highest BCUT2D eigenvalue weighted by Crippen LogP contribution is 2.19. The second-order valence-electron chi connectivity index (χ2n) is 6.83. The molecule has 27 heavy (non-hydrogen) atoms. The third-order valence-corrected chi connectivity index (χ3v) is 4.83. The second kappa shape index (κ2) is 7.19. The van der Waals surface area contributed by atoms with Gasteiger partial charge in [0, 0.05) is 37.5 Å². The highest BCUT2D eigenvalue weighted by atomic mass is 16.5. The lowest BCUT2D eigenvalue weighted by molar-refractivity contribution is 0.151. The van der Waals surface area contributed by atoms with Crippen LogP contribution in [0.5, 0.6) is 5.75 Å². The van der Waals surface area contributed by atoms with E-state index in [-0.39, 0.29) is 17.1 Å². The van der Waals surface area contributed by atoms with Crippen molar-refractivity contribution in [2.75, 3.05) is 19.7 Å². The van der Waals surface area contributed by atoms with E-state index in [2.05, 4.69) is 0 Å². The van der Waals surface area contributed by atoms with Crippen LogP contribution in [-0.2, 0) is 6.54 Å². The molecule has 0 spiro atoms. The Labute approximate surface area is 155 Å². The zero-order valence-corrected chi connectivity index (χ0v) is 14.7. The third-order valence-electron chi connectivity index (χ3n) is 4.83. The number of carbonyl (C=O) groups is 1. The van der Waals surface area contributed by atoms with E-state index in [1.807, 2.05) is 41.2 Å². The molecule has 140 valence electrons. The molecule has 1 aliphatic heterocycles. The lowest BCUT2D eigenvalue weighted by Crippen LogP contribution is -2.27. The molecular weight excluding hydrogens is 348 g/mol. The van der Waals surface area contributed by atoms with Crippen LogP contribution in [0.15, 0.2) is 58.2 Å². The van der Waals surface area contributed by atoms with Crippen LogP contribution in [0.4, 0.5) is 4.79 Å². The van der Waals surface area contributed by atoms with Gasteiger partial charge in [-0.25, -0.2) is 4.79 Å². The Morgan fingerprint density at radius 2 is 2.00 bits per heavy atom. The van der Waals surface area contributed by atoms with Gasteiger partial charge >= 0.3 is 6.09 Å². The van der Waals surface area contributed by atoms with Crippen molar-refractivity contribution in [1.29, 1.82) is 0 Å². The molecule has 3 heterocycles. The number of benzene rings is 1. The number of amides is 1. The topological polar surface area (TPSA) is 84.9 Å². The molecule has 0 aliphatic carbocycles. The smallest absolute Gasteiger partial charge is 0.407 e. The largest absolute Gasteiger partial charge is 0.486 e. The van der Waals surface area contributed by atoms with Crippen LogP contribution in [0.25, 0.3) is 10.8 Å². The van der Waals surface area contributed by atoms with Gasteiger partial charge in [-0.3, -0.25) is 4.79 Å². The summed E-state index contributed by atoms with van der Waals surface area (Å²) < 4.78 is 13.1. The summed E-state index contributed by atoms with van der Waals surface area (Å²) in [4.78, 5) is 24.6. The van der Waals surface area contributed by atoms with E-state index >= 15 is 0 Å². The average Bonchev–Trinajstić information content (AvgIpc) is 3.27. The highest BCUT2D eigenvalue weighted by Gasteiger charge is 2.26. The first kappa shape index (κ1) is 17.2. The van der Waals surface area contributed by atoms with Crippen LogP contribution in [0.1, 0.15) is 12.2 Å². The zero-order chi connectivity index (χ0) is 18.8. The van der Waals surface area contributed by atoms with Crippen molar-refractivity contribution in [3.8, 4) is 5.75 Å². The van der Waals surface area contributed by atoms with E-state index in [1.165, 1.54) is 17.2 Å². The van der Waals surface area contributed by atoms with Gasteiger partial charge in [-0.05, 0) is 17.2 Å². The Morgan fingerprint density at radius 1 is 1.26 bits per heavy atom. The van der Waals surface area contributed by atoms with E-state index in [4.69, 9.17) is 14.3 Å². The fraction of sp³-hybridized carbons (Fsp3) is 0.300. The normalized spacial score (nSPS) is 16.7. The summed E-state index contributed by atoms with van der Waals surface area (Å²) in [6, 6.07) is 9.48. The minimum atomic E-state index is -0.918. The SMILES string of the molecule is O=C(O)N1CCC(COc2coc(Cn3cc4ccccc4c3)cc2=O)C1. The maximum absolute atomic E-state index is 12.3. The highest BCUT2D eigenvalue weighted by molar-refractivity contribution is 5.82. The molecule has 4 rings (SSSR count). The van der Waals surface area contributed by atoms with Crippen molar-refractivity contribution in [1.82, 2.24) is 9.47 Å². The summed E-state index contributed by atoms with van der Waals surface area (Å²) in [5, 5.41) is 11.2. The van der Waals surface area contributed by atoms with Crippen molar-refractivity contribution in [2.24, 2.45) is 5.92 Å². The van der Waals surface area contributed by atoms with E-state index in [0.717, 1.165) is 17.2 Å². The van der Waals surface area contributed by atoms with Crippen molar-refractivity contribution in [3.63, 3.8) is 0 Å². The van der Waals surface area contributed by atoms with Crippen molar-refractivity contribution >= 4 is 16.9 Å². The van der Waals surface area contributed by atoms with Gasteiger partial charge in [-0.1, -0.05) is 24.3 Å². The molecular formula is C20H20N2O5. The number of likely N-dealkylation sites (tertiary alicyclic amines) is 1. The summed E-state index contributed by atoms with van der Waals surface area (Å²) in [5.74, 6) is 0.795. The number of nitrogens with zero attached hydrogens (tertiary/aromatic N) is 2. The summed E-state index contributed by atoms with van der Waals surface area (Å²) in [6.07, 6.45) is 5.17. The maximum Gasteiger partial charge on any atom is 0.407 e. The Bertz CT molecular complexity index is 989. The molecule has 0 saturated carbocycles. The van der Waals surface area contributed by atoms with Crippen molar-refractivity contribution < 1.29 is 19.1 Å². The summed E-state index contributed by atoms with van der Waals surface area (Å²) in [7, 11) is 0. The number of aromatic nitrogens is 1. The summed E-state index contributed by atoms with van der Waals surface area (Å²) in [5.41, 5.74) is -0.235. The summed E-state index contributed by atoms with van der Waals surface area (Å²) in [6.45, 7) is 1.69. The minimum absolute atomic E-state index is 0.0903. The number of hydrogen-bond donors (Lipinski definition) is 1. The molecule has 1 aromatic carbocycles. The molecule has 1 amide bonds. The van der Waals surface area contributed by atoms with Gasteiger partial charge in [0.1, 0.15) is 12.0 Å². The molecule has 1 saturated heterocycles. The Hall–Kier alpha value is -3.22. The molecule has 1 atom stereocenters.